The second kappa shape index (κ2) is 67.1. The molecule has 0 fully saturated rings. The highest BCUT2D eigenvalue weighted by atomic mass is 31.2. The Labute approximate surface area is 586 Å². The summed E-state index contributed by atoms with van der Waals surface area (Å²) in [6.45, 7) is 11.8. The predicted molar refractivity (Wildman–Crippen MR) is 390 cm³/mol. The number of phosphoric ester groups is 2. The summed E-state index contributed by atoms with van der Waals surface area (Å²) in [6.07, 6.45) is 56.3. The largest absolute Gasteiger partial charge is 0.472 e. The second-order valence-electron chi connectivity index (χ2n) is 28.0. The first-order valence-electron chi connectivity index (χ1n) is 39.2. The minimum absolute atomic E-state index is 0.0990. The maximum atomic E-state index is 13.1. The van der Waals surface area contributed by atoms with E-state index >= 15 is 0 Å². The van der Waals surface area contributed by atoms with Crippen LogP contribution in [0, 0.1) is 17.8 Å². The van der Waals surface area contributed by atoms with Gasteiger partial charge in [0.05, 0.1) is 26.4 Å². The van der Waals surface area contributed by atoms with Gasteiger partial charge in [0.15, 0.2) is 12.2 Å². The van der Waals surface area contributed by atoms with Gasteiger partial charge in [0.1, 0.15) is 19.3 Å². The number of allylic oxidation sites excluding steroid dienone is 4. The Balaban J connectivity index is 5.26. The van der Waals surface area contributed by atoms with Crippen LogP contribution in [-0.2, 0) is 65.4 Å². The molecule has 0 aromatic heterocycles. The third-order valence-corrected chi connectivity index (χ3v) is 19.9. The predicted octanol–water partition coefficient (Wildman–Crippen LogP) is 22.1. The van der Waals surface area contributed by atoms with Crippen LogP contribution in [0.3, 0.4) is 0 Å². The van der Waals surface area contributed by atoms with Gasteiger partial charge in [-0.3, -0.25) is 37.3 Å². The third kappa shape index (κ3) is 67.4. The molecule has 0 heterocycles. The van der Waals surface area contributed by atoms with Crippen molar-refractivity contribution in [3.05, 3.63) is 24.3 Å². The molecule has 0 rings (SSSR count). The van der Waals surface area contributed by atoms with E-state index in [1.165, 1.54) is 154 Å². The molecule has 0 aromatic rings. The van der Waals surface area contributed by atoms with Crippen molar-refractivity contribution < 1.29 is 80.2 Å². The lowest BCUT2D eigenvalue weighted by molar-refractivity contribution is -0.161. The molecule has 4 unspecified atom stereocenters. The van der Waals surface area contributed by atoms with E-state index in [0.717, 1.165) is 127 Å². The first-order valence-corrected chi connectivity index (χ1v) is 42.2. The van der Waals surface area contributed by atoms with Crippen LogP contribution in [-0.4, -0.2) is 96.7 Å². The minimum atomic E-state index is -4.96. The van der Waals surface area contributed by atoms with Gasteiger partial charge < -0.3 is 33.8 Å². The standard InChI is InChI=1S/C77H146O17P2/c1-8-11-12-13-14-15-16-17-18-22-25-31-36-44-51-58-74(79)87-64-72(93-77(82)61-54-47-38-33-28-27-30-35-43-50-57-70(7)10-3)66-91-95(83,84)89-62-71(78)63-90-96(85,86)92-67-73(65-88-75(80)59-52-45-40-39-41-48-55-68(4)5)94-76(81)60-53-46-37-32-26-23-20-19-21-24-29-34-42-49-56-69(6)9-2/h15-18,68-73,78H,8-14,19-67H2,1-7H3,(H,83,84)(H,85,86)/b16-15-,18-17-/t69?,70?,71-,72-,73-/m1/s1. The van der Waals surface area contributed by atoms with Gasteiger partial charge in [-0.2, -0.15) is 0 Å². The molecule has 0 amide bonds. The number of aliphatic hydroxyl groups excluding tert-OH is 1. The van der Waals surface area contributed by atoms with Crippen molar-refractivity contribution in [2.24, 2.45) is 17.8 Å². The number of rotatable bonds is 73. The van der Waals surface area contributed by atoms with Crippen molar-refractivity contribution in [1.82, 2.24) is 0 Å². The van der Waals surface area contributed by atoms with Gasteiger partial charge in [-0.25, -0.2) is 9.13 Å². The molecule has 0 spiro atoms. The van der Waals surface area contributed by atoms with Gasteiger partial charge in [0, 0.05) is 25.7 Å². The summed E-state index contributed by atoms with van der Waals surface area (Å²) < 4.78 is 68.5. The van der Waals surface area contributed by atoms with Crippen LogP contribution in [0.1, 0.15) is 370 Å². The average Bonchev–Trinajstić information content (AvgIpc) is 2.74. The van der Waals surface area contributed by atoms with Crippen molar-refractivity contribution in [3.63, 3.8) is 0 Å². The average molecular weight is 1410 g/mol. The van der Waals surface area contributed by atoms with Crippen LogP contribution in [0.4, 0.5) is 0 Å². The molecule has 96 heavy (non-hydrogen) atoms. The maximum Gasteiger partial charge on any atom is 0.472 e. The maximum absolute atomic E-state index is 13.1. The molecule has 0 saturated heterocycles. The van der Waals surface area contributed by atoms with Crippen LogP contribution in [0.25, 0.3) is 0 Å². The Morgan fingerprint density at radius 1 is 0.344 bits per heavy atom. The molecule has 0 aliphatic heterocycles. The van der Waals surface area contributed by atoms with Crippen LogP contribution < -0.4 is 0 Å². The fourth-order valence-electron chi connectivity index (χ4n) is 11.2. The number of esters is 4. The molecule has 0 saturated carbocycles. The van der Waals surface area contributed by atoms with Gasteiger partial charge in [-0.15, -0.1) is 0 Å². The van der Waals surface area contributed by atoms with Gasteiger partial charge in [0.25, 0.3) is 0 Å². The summed E-state index contributed by atoms with van der Waals surface area (Å²) in [5, 5.41) is 10.6. The molecule has 0 bridgehead atoms. The molecule has 0 aliphatic rings. The minimum Gasteiger partial charge on any atom is -0.462 e. The summed E-state index contributed by atoms with van der Waals surface area (Å²) in [5.41, 5.74) is 0. The zero-order chi connectivity index (χ0) is 70.9. The number of carbonyl (C=O) groups excluding carboxylic acids is 4. The first-order chi connectivity index (χ1) is 46.3. The van der Waals surface area contributed by atoms with E-state index in [9.17, 15) is 43.2 Å². The van der Waals surface area contributed by atoms with E-state index in [-0.39, 0.29) is 25.7 Å². The molecular formula is C77H146O17P2. The summed E-state index contributed by atoms with van der Waals surface area (Å²) in [7, 11) is -9.93. The summed E-state index contributed by atoms with van der Waals surface area (Å²) >= 11 is 0. The SMILES string of the molecule is CCCCCC/C=C\C=C/CCCCCCCC(=O)OC[C@H](COP(=O)(O)OC[C@@H](O)COP(=O)(O)OC[C@@H](COC(=O)CCCCCCCCC(C)C)OC(=O)CCCCCCCCCCCCCCCCC(C)CC)OC(=O)CCCCCCCCCCCCC(C)CC. The lowest BCUT2D eigenvalue weighted by atomic mass is 9.99. The highest BCUT2D eigenvalue weighted by Crippen LogP contribution is 2.45. The van der Waals surface area contributed by atoms with Crippen molar-refractivity contribution in [3.8, 4) is 0 Å². The number of aliphatic hydroxyl groups is 1. The lowest BCUT2D eigenvalue weighted by Crippen LogP contribution is -2.30. The Morgan fingerprint density at radius 3 is 0.927 bits per heavy atom. The number of phosphoric acid groups is 2. The number of unbranched alkanes of at least 4 members (excludes halogenated alkanes) is 36. The molecule has 0 aromatic carbocycles. The van der Waals surface area contributed by atoms with Gasteiger partial charge in [-0.1, -0.05) is 317 Å². The Kier molecular flexibility index (Phi) is 65.3. The van der Waals surface area contributed by atoms with Gasteiger partial charge >= 0.3 is 39.5 Å². The van der Waals surface area contributed by atoms with Gasteiger partial charge in [-0.05, 0) is 69.1 Å². The zero-order valence-corrected chi connectivity index (χ0v) is 64.1. The zero-order valence-electron chi connectivity index (χ0n) is 62.3. The van der Waals surface area contributed by atoms with E-state index < -0.39 is 97.5 Å². The van der Waals surface area contributed by atoms with Crippen LogP contribution in [0.15, 0.2) is 24.3 Å². The number of hydrogen-bond donors (Lipinski definition) is 3. The topological polar surface area (TPSA) is 237 Å². The van der Waals surface area contributed by atoms with Crippen molar-refractivity contribution in [2.45, 2.75) is 388 Å². The van der Waals surface area contributed by atoms with E-state index in [1.54, 1.807) is 0 Å². The fraction of sp³-hybridized carbons (Fsp3) is 0.896. The van der Waals surface area contributed by atoms with Crippen LogP contribution in [0.2, 0.25) is 0 Å². The highest BCUT2D eigenvalue weighted by molar-refractivity contribution is 7.47. The first kappa shape index (κ1) is 93.5. The smallest absolute Gasteiger partial charge is 0.462 e. The Morgan fingerprint density at radius 2 is 0.615 bits per heavy atom. The van der Waals surface area contributed by atoms with E-state index in [1.807, 2.05) is 0 Å². The molecule has 0 radical (unpaired) electrons. The summed E-state index contributed by atoms with van der Waals surface area (Å²) in [5.74, 6) is 0.173. The molecule has 0 aliphatic carbocycles. The number of carbonyl (C=O) groups is 4. The molecule has 566 valence electrons. The van der Waals surface area contributed by atoms with Crippen molar-refractivity contribution in [2.75, 3.05) is 39.6 Å². The van der Waals surface area contributed by atoms with Gasteiger partial charge in [0.2, 0.25) is 0 Å². The highest BCUT2D eigenvalue weighted by Gasteiger charge is 2.30. The lowest BCUT2D eigenvalue weighted by Gasteiger charge is -2.21. The molecule has 19 heteroatoms. The van der Waals surface area contributed by atoms with Crippen LogP contribution >= 0.6 is 15.6 Å². The molecular weight excluding hydrogens is 1260 g/mol. The van der Waals surface area contributed by atoms with Crippen molar-refractivity contribution >= 4 is 39.5 Å². The van der Waals surface area contributed by atoms with E-state index in [4.69, 9.17) is 37.0 Å². The van der Waals surface area contributed by atoms with Crippen LogP contribution in [0.5, 0.6) is 0 Å². The quantitative estimate of drug-likeness (QED) is 0.0169. The van der Waals surface area contributed by atoms with E-state index in [0.29, 0.717) is 31.6 Å². The monoisotopic (exact) mass is 1410 g/mol. The molecule has 7 atom stereocenters. The third-order valence-electron chi connectivity index (χ3n) is 18.0. The number of hydrogen-bond acceptors (Lipinski definition) is 15. The van der Waals surface area contributed by atoms with E-state index in [2.05, 4.69) is 72.8 Å². The fourth-order valence-corrected chi connectivity index (χ4v) is 12.8. The normalized spacial score (nSPS) is 14.8. The number of ether oxygens (including phenoxy) is 4. The Bertz CT molecular complexity index is 1970. The Hall–Kier alpha value is -2.46. The molecule has 3 N–H and O–H groups in total. The van der Waals surface area contributed by atoms with Crippen molar-refractivity contribution in [1.29, 1.82) is 0 Å². The summed E-state index contributed by atoms with van der Waals surface area (Å²) in [6, 6.07) is 0. The second-order valence-corrected chi connectivity index (χ2v) is 30.9. The molecule has 17 nitrogen and oxygen atoms in total. The summed E-state index contributed by atoms with van der Waals surface area (Å²) in [4.78, 5) is 72.8.